The highest BCUT2D eigenvalue weighted by Gasteiger charge is 2.40. The summed E-state index contributed by atoms with van der Waals surface area (Å²) in [5.41, 5.74) is 16.9. The van der Waals surface area contributed by atoms with Gasteiger partial charge < -0.3 is 11.1 Å². The number of fused-ring (bicyclic) bond motifs is 2. The summed E-state index contributed by atoms with van der Waals surface area (Å²) in [6, 6.07) is 8.35. The van der Waals surface area contributed by atoms with Crippen molar-refractivity contribution in [2.24, 2.45) is 11.0 Å². The van der Waals surface area contributed by atoms with Gasteiger partial charge in [0.1, 0.15) is 6.04 Å². The average molecular weight is 386 g/mol. The van der Waals surface area contributed by atoms with Gasteiger partial charge in [-0.2, -0.15) is 5.10 Å². The molecule has 0 amide bonds. The molecule has 0 saturated carbocycles. The van der Waals surface area contributed by atoms with Gasteiger partial charge in [0, 0.05) is 18.2 Å². The fourth-order valence-corrected chi connectivity index (χ4v) is 4.70. The van der Waals surface area contributed by atoms with E-state index in [2.05, 4.69) is 35.8 Å². The normalized spacial score (nSPS) is 28.3. The monoisotopic (exact) mass is 385 g/mol. The molecule has 2 atom stereocenters. The number of nitrogen functional groups attached to an aromatic ring is 1. The van der Waals surface area contributed by atoms with Crippen LogP contribution < -0.4 is 11.2 Å². The van der Waals surface area contributed by atoms with Gasteiger partial charge in [-0.05, 0) is 65.8 Å². The molecule has 5 heteroatoms. The zero-order chi connectivity index (χ0) is 19.8. The first-order valence-corrected chi connectivity index (χ1v) is 10.6. The molecule has 29 heavy (non-hydrogen) atoms. The Hall–Kier alpha value is -2.92. The molecule has 148 valence electrons. The summed E-state index contributed by atoms with van der Waals surface area (Å²) in [6.07, 6.45) is 16.4. The molecule has 1 saturated heterocycles. The third-order valence-corrected chi connectivity index (χ3v) is 6.27. The van der Waals surface area contributed by atoms with Gasteiger partial charge in [0.05, 0.1) is 11.4 Å². The molecular weight excluding hydrogens is 358 g/mol. The Labute approximate surface area is 171 Å². The van der Waals surface area contributed by atoms with E-state index in [1.807, 2.05) is 29.4 Å². The number of rotatable bonds is 1. The number of hydrogen-bond acceptors (Lipinski definition) is 5. The number of anilines is 1. The van der Waals surface area contributed by atoms with E-state index in [4.69, 9.17) is 16.2 Å². The topological polar surface area (TPSA) is 77.5 Å². The van der Waals surface area contributed by atoms with Crippen molar-refractivity contribution >= 4 is 17.1 Å². The Balaban J connectivity index is 1.67. The first-order valence-electron chi connectivity index (χ1n) is 10.6. The van der Waals surface area contributed by atoms with Gasteiger partial charge in [0.15, 0.2) is 0 Å². The lowest BCUT2D eigenvalue weighted by atomic mass is 9.76. The predicted octanol–water partition coefficient (Wildman–Crippen LogP) is 4.12. The first-order chi connectivity index (χ1) is 14.2. The molecule has 0 spiro atoms. The number of nitrogens with zero attached hydrogens (tertiary/aromatic N) is 2. The van der Waals surface area contributed by atoms with Crippen LogP contribution >= 0.6 is 0 Å². The van der Waals surface area contributed by atoms with Crippen LogP contribution in [-0.4, -0.2) is 29.1 Å². The Morgan fingerprint density at radius 3 is 2.55 bits per heavy atom. The van der Waals surface area contributed by atoms with Crippen molar-refractivity contribution in [1.82, 2.24) is 10.5 Å². The van der Waals surface area contributed by atoms with Crippen molar-refractivity contribution in [3.05, 3.63) is 76.9 Å². The molecule has 4 aliphatic rings. The number of allylic oxidation sites excluding steroid dienone is 6. The molecule has 0 aromatic heterocycles. The molecule has 5 nitrogen and oxygen atoms in total. The smallest absolute Gasteiger partial charge is 0.104 e. The molecule has 0 bridgehead atoms. The summed E-state index contributed by atoms with van der Waals surface area (Å²) < 4.78 is 0. The second-order valence-electron chi connectivity index (χ2n) is 8.17. The summed E-state index contributed by atoms with van der Waals surface area (Å²) in [6.45, 7) is 0.889. The van der Waals surface area contributed by atoms with E-state index in [-0.39, 0.29) is 12.0 Å². The maximum atomic E-state index is 7.88. The summed E-state index contributed by atoms with van der Waals surface area (Å²) in [4.78, 5) is 0. The van der Waals surface area contributed by atoms with E-state index in [9.17, 15) is 0 Å². The van der Waals surface area contributed by atoms with Crippen molar-refractivity contribution < 1.29 is 0 Å². The third-order valence-electron chi connectivity index (χ3n) is 6.27. The van der Waals surface area contributed by atoms with Gasteiger partial charge in [-0.15, -0.1) is 0 Å². The fourth-order valence-electron chi connectivity index (χ4n) is 4.70. The lowest BCUT2D eigenvalue weighted by molar-refractivity contribution is 0.0534. The van der Waals surface area contributed by atoms with E-state index in [1.165, 1.54) is 36.0 Å². The molecule has 1 fully saturated rings. The second kappa shape index (κ2) is 7.48. The maximum Gasteiger partial charge on any atom is 0.104 e. The van der Waals surface area contributed by atoms with Gasteiger partial charge in [0.25, 0.3) is 0 Å². The molecule has 4 N–H and O–H groups in total. The van der Waals surface area contributed by atoms with Crippen LogP contribution in [0.25, 0.3) is 0 Å². The van der Waals surface area contributed by atoms with Gasteiger partial charge in [0.2, 0.25) is 0 Å². The number of benzene rings is 1. The number of hydrazone groups is 1. The fraction of sp³-hybridized carbons (Fsp3) is 0.333. The van der Waals surface area contributed by atoms with Crippen molar-refractivity contribution in [1.29, 1.82) is 5.41 Å². The Kier molecular flexibility index (Phi) is 4.68. The van der Waals surface area contributed by atoms with Crippen LogP contribution in [0.1, 0.15) is 37.7 Å². The van der Waals surface area contributed by atoms with Gasteiger partial charge >= 0.3 is 0 Å². The van der Waals surface area contributed by atoms with Gasteiger partial charge in [-0.25, -0.2) is 10.5 Å². The molecule has 2 aliphatic heterocycles. The van der Waals surface area contributed by atoms with Crippen molar-refractivity contribution in [3.63, 3.8) is 0 Å². The zero-order valence-corrected chi connectivity index (χ0v) is 16.6. The summed E-state index contributed by atoms with van der Waals surface area (Å²) >= 11 is 0. The SMILES string of the molecule is N=C1C=CC(=C2/C3=C/CCCCCC3C(c3ccc(N)cc3)=NN3NCC23)C=C1. The predicted molar refractivity (Wildman–Crippen MR) is 119 cm³/mol. The first kappa shape index (κ1) is 18.1. The minimum atomic E-state index is 0.228. The number of nitrogens with one attached hydrogen (secondary N) is 2. The van der Waals surface area contributed by atoms with E-state index in [0.29, 0.717) is 5.71 Å². The molecule has 2 unspecified atom stereocenters. The summed E-state index contributed by atoms with van der Waals surface area (Å²) in [5.74, 6) is 0.275. The largest absolute Gasteiger partial charge is 0.399 e. The van der Waals surface area contributed by atoms with E-state index in [0.717, 1.165) is 36.3 Å². The number of nitrogens with two attached hydrogens (primary N) is 1. The van der Waals surface area contributed by atoms with Crippen LogP contribution in [0.3, 0.4) is 0 Å². The molecule has 1 aromatic carbocycles. The number of hydrazine groups is 1. The van der Waals surface area contributed by atoms with Crippen LogP contribution in [0.4, 0.5) is 5.69 Å². The summed E-state index contributed by atoms with van der Waals surface area (Å²) in [5, 5.41) is 15.0. The van der Waals surface area contributed by atoms with Crippen LogP contribution in [0, 0.1) is 11.3 Å². The Morgan fingerprint density at radius 2 is 1.83 bits per heavy atom. The van der Waals surface area contributed by atoms with Crippen LogP contribution in [-0.2, 0) is 0 Å². The minimum absolute atomic E-state index is 0.228. The average Bonchev–Trinajstić information content (AvgIpc) is 2.76. The van der Waals surface area contributed by atoms with Crippen molar-refractivity contribution in [2.45, 2.75) is 38.1 Å². The summed E-state index contributed by atoms with van der Waals surface area (Å²) in [7, 11) is 0. The highest BCUT2D eigenvalue weighted by molar-refractivity contribution is 6.05. The minimum Gasteiger partial charge on any atom is -0.399 e. The molecule has 2 heterocycles. The van der Waals surface area contributed by atoms with Crippen molar-refractivity contribution in [2.75, 3.05) is 12.3 Å². The van der Waals surface area contributed by atoms with Gasteiger partial charge in [-0.3, -0.25) is 0 Å². The molecule has 1 aromatic rings. The van der Waals surface area contributed by atoms with Crippen LogP contribution in [0.2, 0.25) is 0 Å². The standard InChI is InChI=1S/C24H27N5/c25-18-11-7-16(8-12-18)23-20-5-3-1-2-4-6-21(20)24(28-29-22(23)15-27-29)17-9-13-19(26)14-10-17/h5,7-14,21-22,25,27H,1-4,6,15,26H2/b20-5+,23-16?,25-18?. The maximum absolute atomic E-state index is 7.88. The Bertz CT molecular complexity index is 959. The zero-order valence-electron chi connectivity index (χ0n) is 16.6. The van der Waals surface area contributed by atoms with Crippen LogP contribution in [0.15, 0.2) is 76.5 Å². The third kappa shape index (κ3) is 3.36. The highest BCUT2D eigenvalue weighted by atomic mass is 15.8. The van der Waals surface area contributed by atoms with E-state index < -0.39 is 0 Å². The Morgan fingerprint density at radius 1 is 1.03 bits per heavy atom. The van der Waals surface area contributed by atoms with Gasteiger partial charge in [-0.1, -0.05) is 43.2 Å². The quantitative estimate of drug-likeness (QED) is 0.636. The van der Waals surface area contributed by atoms with Crippen LogP contribution in [0.5, 0.6) is 0 Å². The lowest BCUT2D eigenvalue weighted by Crippen LogP contribution is -2.59. The molecule has 5 rings (SSSR count). The molecular formula is C24H27N5. The lowest BCUT2D eigenvalue weighted by Gasteiger charge is -2.40. The second-order valence-corrected chi connectivity index (χ2v) is 8.17. The highest BCUT2D eigenvalue weighted by Crippen LogP contribution is 2.40. The van der Waals surface area contributed by atoms with E-state index in [1.54, 1.807) is 0 Å². The molecule has 0 radical (unpaired) electrons. The molecule has 2 aliphatic carbocycles. The van der Waals surface area contributed by atoms with Crippen molar-refractivity contribution in [3.8, 4) is 0 Å². The number of hydrogen-bond donors (Lipinski definition) is 3. The van der Waals surface area contributed by atoms with E-state index >= 15 is 0 Å².